The molecule has 0 aromatic carbocycles. The maximum atomic E-state index is 5.85. The molecule has 1 fully saturated rings. The third kappa shape index (κ3) is 3.91. The van der Waals surface area contributed by atoms with Crippen molar-refractivity contribution >= 4 is 5.82 Å². The molecule has 0 radical (unpaired) electrons. The molecule has 19 heavy (non-hydrogen) atoms. The van der Waals surface area contributed by atoms with Gasteiger partial charge in [0.1, 0.15) is 5.82 Å². The van der Waals surface area contributed by atoms with E-state index in [0.29, 0.717) is 0 Å². The van der Waals surface area contributed by atoms with E-state index in [1.54, 1.807) is 0 Å². The van der Waals surface area contributed by atoms with Gasteiger partial charge in [0, 0.05) is 31.9 Å². The SMILES string of the molecule is CC(N)c1ccc(N2CCC(CN(C)C)CC2)nc1. The van der Waals surface area contributed by atoms with E-state index in [0.717, 1.165) is 30.4 Å². The summed E-state index contributed by atoms with van der Waals surface area (Å²) in [6, 6.07) is 4.26. The largest absolute Gasteiger partial charge is 0.357 e. The third-order valence-corrected chi connectivity index (χ3v) is 3.86. The summed E-state index contributed by atoms with van der Waals surface area (Å²) < 4.78 is 0. The lowest BCUT2D eigenvalue weighted by molar-refractivity contribution is 0.284. The van der Waals surface area contributed by atoms with Gasteiger partial charge in [-0.25, -0.2) is 4.98 Å². The van der Waals surface area contributed by atoms with E-state index in [1.807, 2.05) is 13.1 Å². The molecule has 1 saturated heterocycles. The van der Waals surface area contributed by atoms with Crippen molar-refractivity contribution in [3.8, 4) is 0 Å². The first-order valence-corrected chi connectivity index (χ1v) is 7.17. The van der Waals surface area contributed by atoms with Crippen molar-refractivity contribution in [2.24, 2.45) is 11.7 Å². The van der Waals surface area contributed by atoms with E-state index in [-0.39, 0.29) is 6.04 Å². The van der Waals surface area contributed by atoms with Gasteiger partial charge in [-0.3, -0.25) is 0 Å². The highest BCUT2D eigenvalue weighted by Gasteiger charge is 2.20. The topological polar surface area (TPSA) is 45.4 Å². The van der Waals surface area contributed by atoms with Crippen LogP contribution in [0.2, 0.25) is 0 Å². The summed E-state index contributed by atoms with van der Waals surface area (Å²) in [5.74, 6) is 1.92. The number of hydrogen-bond donors (Lipinski definition) is 1. The Bertz CT molecular complexity index is 378. The van der Waals surface area contributed by atoms with Crippen LogP contribution in [0.5, 0.6) is 0 Å². The zero-order chi connectivity index (χ0) is 13.8. The van der Waals surface area contributed by atoms with Crippen molar-refractivity contribution < 1.29 is 0 Å². The predicted molar refractivity (Wildman–Crippen MR) is 80.3 cm³/mol. The molecule has 2 rings (SSSR count). The Kier molecular flexibility index (Phi) is 4.77. The Balaban J connectivity index is 1.90. The molecule has 0 spiro atoms. The van der Waals surface area contributed by atoms with E-state index in [4.69, 9.17) is 5.73 Å². The fourth-order valence-corrected chi connectivity index (χ4v) is 2.71. The fraction of sp³-hybridized carbons (Fsp3) is 0.667. The van der Waals surface area contributed by atoms with Gasteiger partial charge in [-0.2, -0.15) is 0 Å². The van der Waals surface area contributed by atoms with Gasteiger partial charge >= 0.3 is 0 Å². The summed E-state index contributed by atoms with van der Waals surface area (Å²) in [5.41, 5.74) is 6.95. The highest BCUT2D eigenvalue weighted by Crippen LogP contribution is 2.22. The molecule has 0 aliphatic carbocycles. The molecular formula is C15H26N4. The van der Waals surface area contributed by atoms with Crippen LogP contribution in [0.25, 0.3) is 0 Å². The molecule has 1 aliphatic rings. The molecule has 1 aliphatic heterocycles. The van der Waals surface area contributed by atoms with Gasteiger partial charge in [-0.1, -0.05) is 6.07 Å². The van der Waals surface area contributed by atoms with Crippen molar-refractivity contribution in [1.82, 2.24) is 9.88 Å². The molecule has 4 heteroatoms. The number of nitrogens with two attached hydrogens (primary N) is 1. The van der Waals surface area contributed by atoms with Crippen molar-refractivity contribution in [2.75, 3.05) is 38.6 Å². The fourth-order valence-electron chi connectivity index (χ4n) is 2.71. The molecule has 1 unspecified atom stereocenters. The van der Waals surface area contributed by atoms with E-state index in [9.17, 15) is 0 Å². The number of piperidine rings is 1. The van der Waals surface area contributed by atoms with Crippen LogP contribution in [0, 0.1) is 5.92 Å². The molecular weight excluding hydrogens is 236 g/mol. The maximum absolute atomic E-state index is 5.85. The van der Waals surface area contributed by atoms with Crippen LogP contribution in [0.15, 0.2) is 18.3 Å². The second-order valence-corrected chi connectivity index (χ2v) is 5.93. The van der Waals surface area contributed by atoms with Crippen LogP contribution in [-0.4, -0.2) is 43.6 Å². The molecule has 1 aromatic heterocycles. The van der Waals surface area contributed by atoms with Gasteiger partial charge in [0.25, 0.3) is 0 Å². The van der Waals surface area contributed by atoms with Crippen molar-refractivity contribution in [2.45, 2.75) is 25.8 Å². The van der Waals surface area contributed by atoms with E-state index in [2.05, 4.69) is 41.0 Å². The number of anilines is 1. The van der Waals surface area contributed by atoms with Crippen LogP contribution in [0.3, 0.4) is 0 Å². The zero-order valence-corrected chi connectivity index (χ0v) is 12.3. The number of nitrogens with zero attached hydrogens (tertiary/aromatic N) is 3. The Morgan fingerprint density at radius 2 is 2.05 bits per heavy atom. The number of aromatic nitrogens is 1. The van der Waals surface area contributed by atoms with Crippen LogP contribution >= 0.6 is 0 Å². The van der Waals surface area contributed by atoms with Gasteiger partial charge in [0.15, 0.2) is 0 Å². The molecule has 2 heterocycles. The Morgan fingerprint density at radius 1 is 1.37 bits per heavy atom. The molecule has 0 saturated carbocycles. The second kappa shape index (κ2) is 6.35. The summed E-state index contributed by atoms with van der Waals surface area (Å²) in [7, 11) is 4.31. The average Bonchev–Trinajstić information content (AvgIpc) is 2.39. The minimum Gasteiger partial charge on any atom is -0.357 e. The molecule has 4 nitrogen and oxygen atoms in total. The minimum absolute atomic E-state index is 0.0624. The van der Waals surface area contributed by atoms with Crippen LogP contribution in [0.1, 0.15) is 31.4 Å². The molecule has 0 amide bonds. The van der Waals surface area contributed by atoms with Gasteiger partial charge in [0.05, 0.1) is 0 Å². The molecule has 0 bridgehead atoms. The van der Waals surface area contributed by atoms with Gasteiger partial charge < -0.3 is 15.5 Å². The lowest BCUT2D eigenvalue weighted by Gasteiger charge is -2.34. The van der Waals surface area contributed by atoms with Crippen LogP contribution in [0.4, 0.5) is 5.82 Å². The van der Waals surface area contributed by atoms with E-state index < -0.39 is 0 Å². The third-order valence-electron chi connectivity index (χ3n) is 3.86. The summed E-state index contributed by atoms with van der Waals surface area (Å²) in [6.07, 6.45) is 4.43. The summed E-state index contributed by atoms with van der Waals surface area (Å²) >= 11 is 0. The highest BCUT2D eigenvalue weighted by molar-refractivity contribution is 5.40. The molecule has 1 aromatic rings. The van der Waals surface area contributed by atoms with E-state index in [1.165, 1.54) is 19.4 Å². The average molecular weight is 262 g/mol. The smallest absolute Gasteiger partial charge is 0.128 e. The lowest BCUT2D eigenvalue weighted by atomic mass is 9.96. The van der Waals surface area contributed by atoms with Gasteiger partial charge in [-0.15, -0.1) is 0 Å². The first-order chi connectivity index (χ1) is 9.06. The summed E-state index contributed by atoms with van der Waals surface area (Å²) in [6.45, 7) is 5.42. The standard InChI is InChI=1S/C15H26N4/c1-12(16)14-4-5-15(17-10-14)19-8-6-13(7-9-19)11-18(2)3/h4-5,10,12-13H,6-9,11,16H2,1-3H3. The summed E-state index contributed by atoms with van der Waals surface area (Å²) in [4.78, 5) is 9.22. The maximum Gasteiger partial charge on any atom is 0.128 e. The zero-order valence-electron chi connectivity index (χ0n) is 12.3. The van der Waals surface area contributed by atoms with Gasteiger partial charge in [0.2, 0.25) is 0 Å². The van der Waals surface area contributed by atoms with Crippen LogP contribution in [-0.2, 0) is 0 Å². The Hall–Kier alpha value is -1.13. The number of rotatable bonds is 4. The van der Waals surface area contributed by atoms with Crippen LogP contribution < -0.4 is 10.6 Å². The van der Waals surface area contributed by atoms with Crippen molar-refractivity contribution in [3.05, 3.63) is 23.9 Å². The lowest BCUT2D eigenvalue weighted by Crippen LogP contribution is -2.37. The number of hydrogen-bond acceptors (Lipinski definition) is 4. The van der Waals surface area contributed by atoms with Crippen molar-refractivity contribution in [3.63, 3.8) is 0 Å². The first-order valence-electron chi connectivity index (χ1n) is 7.17. The Morgan fingerprint density at radius 3 is 2.53 bits per heavy atom. The predicted octanol–water partition coefficient (Wildman–Crippen LogP) is 1.88. The quantitative estimate of drug-likeness (QED) is 0.900. The minimum atomic E-state index is 0.0624. The van der Waals surface area contributed by atoms with E-state index >= 15 is 0 Å². The molecule has 1 atom stereocenters. The normalized spacial score (nSPS) is 18.9. The first kappa shape index (κ1) is 14.3. The highest BCUT2D eigenvalue weighted by atomic mass is 15.2. The van der Waals surface area contributed by atoms with Gasteiger partial charge in [-0.05, 0) is 51.4 Å². The monoisotopic (exact) mass is 262 g/mol. The molecule has 106 valence electrons. The molecule has 2 N–H and O–H groups in total. The number of pyridine rings is 1. The summed E-state index contributed by atoms with van der Waals surface area (Å²) in [5, 5.41) is 0. The second-order valence-electron chi connectivity index (χ2n) is 5.93. The Labute approximate surface area is 116 Å². The van der Waals surface area contributed by atoms with Crippen molar-refractivity contribution in [1.29, 1.82) is 0 Å².